The van der Waals surface area contributed by atoms with Gasteiger partial charge in [0.25, 0.3) is 5.56 Å². The second kappa shape index (κ2) is 6.76. The van der Waals surface area contributed by atoms with Gasteiger partial charge in [-0.1, -0.05) is 17.7 Å². The molecule has 0 saturated carbocycles. The second-order valence-electron chi connectivity index (χ2n) is 5.09. The minimum atomic E-state index is -0.209. The number of hydrogen-bond acceptors (Lipinski definition) is 4. The van der Waals surface area contributed by atoms with E-state index in [1.165, 1.54) is 0 Å². The molecule has 3 rings (SSSR count). The number of methoxy groups -OCH3 is 2. The smallest absolute Gasteiger partial charge is 0.259 e. The van der Waals surface area contributed by atoms with Crippen LogP contribution < -0.4 is 15.0 Å². The van der Waals surface area contributed by atoms with Gasteiger partial charge >= 0.3 is 0 Å². The average Bonchev–Trinajstić information content (AvgIpc) is 2.59. The largest absolute Gasteiger partial charge is 0.497 e. The summed E-state index contributed by atoms with van der Waals surface area (Å²) in [6.45, 7) is 0. The number of benzene rings is 2. The number of hydrogen-bond donors (Lipinski definition) is 1. The Hall–Kier alpha value is -2.79. The fourth-order valence-electron chi connectivity index (χ4n) is 2.31. The average molecular weight is 343 g/mol. The maximum Gasteiger partial charge on any atom is 0.259 e. The topological polar surface area (TPSA) is 64.2 Å². The molecule has 0 atom stereocenters. The van der Waals surface area contributed by atoms with E-state index >= 15 is 0 Å². The molecule has 0 aliphatic rings. The summed E-state index contributed by atoms with van der Waals surface area (Å²) in [4.78, 5) is 19.3. The molecule has 2 aromatic carbocycles. The van der Waals surface area contributed by atoms with Crippen molar-refractivity contribution in [3.63, 3.8) is 0 Å². The van der Waals surface area contributed by atoms with E-state index in [1.807, 2.05) is 18.2 Å². The normalized spacial score (nSPS) is 11.1. The van der Waals surface area contributed by atoms with Gasteiger partial charge < -0.3 is 14.5 Å². The van der Waals surface area contributed by atoms with Crippen molar-refractivity contribution >= 4 is 34.7 Å². The molecule has 0 aliphatic carbocycles. The lowest BCUT2D eigenvalue weighted by Crippen LogP contribution is -2.09. The zero-order valence-electron chi connectivity index (χ0n) is 13.2. The van der Waals surface area contributed by atoms with Crippen molar-refractivity contribution in [2.75, 3.05) is 14.2 Å². The summed E-state index contributed by atoms with van der Waals surface area (Å²) in [5.74, 6) is 1.80. The molecule has 5 nitrogen and oxygen atoms in total. The van der Waals surface area contributed by atoms with Gasteiger partial charge in [-0.05, 0) is 42.0 Å². The molecular weight excluding hydrogens is 328 g/mol. The molecule has 3 aromatic rings. The Morgan fingerprint density at radius 1 is 1.04 bits per heavy atom. The lowest BCUT2D eigenvalue weighted by Gasteiger charge is -2.05. The standard InChI is InChI=1S/C18H15ClN2O3/c1-23-13-7-11(8-14(10-13)24-2)3-6-17-20-16-9-12(19)4-5-15(16)18(22)21-17/h3-10H,1-2H3,(H,20,21,22)/b6-3+. The number of aromatic amines is 1. The van der Waals surface area contributed by atoms with Gasteiger partial charge in [0.1, 0.15) is 17.3 Å². The highest BCUT2D eigenvalue weighted by atomic mass is 35.5. The van der Waals surface area contributed by atoms with E-state index in [0.29, 0.717) is 33.2 Å². The van der Waals surface area contributed by atoms with Crippen molar-refractivity contribution in [3.05, 3.63) is 63.2 Å². The van der Waals surface area contributed by atoms with Crippen molar-refractivity contribution in [2.45, 2.75) is 0 Å². The number of fused-ring (bicyclic) bond motifs is 1. The van der Waals surface area contributed by atoms with E-state index in [9.17, 15) is 4.79 Å². The molecule has 0 bridgehead atoms. The Labute approximate surface area is 143 Å². The molecule has 1 aromatic heterocycles. The van der Waals surface area contributed by atoms with Crippen molar-refractivity contribution in [2.24, 2.45) is 0 Å². The van der Waals surface area contributed by atoms with Gasteiger partial charge in [-0.2, -0.15) is 0 Å². The van der Waals surface area contributed by atoms with E-state index in [1.54, 1.807) is 44.6 Å². The molecule has 0 fully saturated rings. The Kier molecular flexibility index (Phi) is 4.53. The van der Waals surface area contributed by atoms with Crippen molar-refractivity contribution in [1.82, 2.24) is 9.97 Å². The summed E-state index contributed by atoms with van der Waals surface area (Å²) >= 11 is 5.97. The van der Waals surface area contributed by atoms with E-state index < -0.39 is 0 Å². The molecule has 1 N–H and O–H groups in total. The molecule has 0 radical (unpaired) electrons. The molecule has 0 spiro atoms. The van der Waals surface area contributed by atoms with Crippen LogP contribution in [0.15, 0.2) is 41.2 Å². The predicted octanol–water partition coefficient (Wildman–Crippen LogP) is 3.76. The number of nitrogens with one attached hydrogen (secondary N) is 1. The van der Waals surface area contributed by atoms with E-state index in [4.69, 9.17) is 21.1 Å². The third-order valence-electron chi connectivity index (χ3n) is 3.49. The summed E-state index contributed by atoms with van der Waals surface area (Å²) < 4.78 is 10.5. The monoisotopic (exact) mass is 342 g/mol. The van der Waals surface area contributed by atoms with Crippen LogP contribution in [0.25, 0.3) is 23.1 Å². The minimum Gasteiger partial charge on any atom is -0.497 e. The molecule has 0 saturated heterocycles. The van der Waals surface area contributed by atoms with Crippen LogP contribution in [0.5, 0.6) is 11.5 Å². The molecule has 0 unspecified atom stereocenters. The molecule has 122 valence electrons. The second-order valence-corrected chi connectivity index (χ2v) is 5.53. The van der Waals surface area contributed by atoms with Crippen LogP contribution in [-0.4, -0.2) is 24.2 Å². The quantitative estimate of drug-likeness (QED) is 0.784. The third-order valence-corrected chi connectivity index (χ3v) is 3.73. The summed E-state index contributed by atoms with van der Waals surface area (Å²) in [7, 11) is 3.18. The molecule has 0 aliphatic heterocycles. The van der Waals surface area contributed by atoms with Crippen molar-refractivity contribution in [1.29, 1.82) is 0 Å². The van der Waals surface area contributed by atoms with E-state index in [0.717, 1.165) is 5.56 Å². The summed E-state index contributed by atoms with van der Waals surface area (Å²) in [6.07, 6.45) is 3.54. The number of H-pyrrole nitrogens is 1. The lowest BCUT2D eigenvalue weighted by molar-refractivity contribution is 0.394. The number of aromatic nitrogens is 2. The number of ether oxygens (including phenoxy) is 2. The maximum atomic E-state index is 12.1. The van der Waals surface area contributed by atoms with Gasteiger partial charge in [0, 0.05) is 11.1 Å². The fourth-order valence-corrected chi connectivity index (χ4v) is 2.48. The van der Waals surface area contributed by atoms with E-state index in [2.05, 4.69) is 9.97 Å². The zero-order chi connectivity index (χ0) is 17.1. The van der Waals surface area contributed by atoms with Crippen LogP contribution in [0.4, 0.5) is 0 Å². The highest BCUT2D eigenvalue weighted by Crippen LogP contribution is 2.23. The Bertz CT molecular complexity index is 957. The zero-order valence-corrected chi connectivity index (χ0v) is 13.9. The van der Waals surface area contributed by atoms with Crippen LogP contribution in [0.3, 0.4) is 0 Å². The lowest BCUT2D eigenvalue weighted by atomic mass is 10.2. The summed E-state index contributed by atoms with van der Waals surface area (Å²) in [6, 6.07) is 10.5. The van der Waals surface area contributed by atoms with Crippen LogP contribution >= 0.6 is 11.6 Å². The van der Waals surface area contributed by atoms with Gasteiger partial charge in [0.05, 0.1) is 25.1 Å². The molecule has 0 amide bonds. The van der Waals surface area contributed by atoms with E-state index in [-0.39, 0.29) is 5.56 Å². The number of rotatable bonds is 4. The molecule has 6 heteroatoms. The third kappa shape index (κ3) is 3.41. The first-order chi connectivity index (χ1) is 11.6. The molecular formula is C18H15ClN2O3. The Balaban J connectivity index is 2.00. The van der Waals surface area contributed by atoms with Crippen LogP contribution in [0, 0.1) is 0 Å². The first-order valence-corrected chi connectivity index (χ1v) is 7.57. The molecule has 24 heavy (non-hydrogen) atoms. The first kappa shape index (κ1) is 16.1. The summed E-state index contributed by atoms with van der Waals surface area (Å²) in [5.41, 5.74) is 1.20. The van der Waals surface area contributed by atoms with Crippen LogP contribution in [-0.2, 0) is 0 Å². The SMILES string of the molecule is COc1cc(/C=C/c2nc3cc(Cl)ccc3c(=O)[nH]2)cc(OC)c1. The number of halogens is 1. The number of nitrogens with zero attached hydrogens (tertiary/aromatic N) is 1. The first-order valence-electron chi connectivity index (χ1n) is 7.20. The fraction of sp³-hybridized carbons (Fsp3) is 0.111. The van der Waals surface area contributed by atoms with Gasteiger partial charge in [-0.25, -0.2) is 4.98 Å². The maximum absolute atomic E-state index is 12.1. The van der Waals surface area contributed by atoms with Crippen molar-refractivity contribution in [3.8, 4) is 11.5 Å². The van der Waals surface area contributed by atoms with Gasteiger partial charge in [0.2, 0.25) is 0 Å². The van der Waals surface area contributed by atoms with Gasteiger partial charge in [-0.3, -0.25) is 4.79 Å². The molecule has 1 heterocycles. The highest BCUT2D eigenvalue weighted by molar-refractivity contribution is 6.31. The summed E-state index contributed by atoms with van der Waals surface area (Å²) in [5, 5.41) is 1.03. The van der Waals surface area contributed by atoms with Crippen LogP contribution in [0.2, 0.25) is 5.02 Å². The van der Waals surface area contributed by atoms with Crippen molar-refractivity contribution < 1.29 is 9.47 Å². The van der Waals surface area contributed by atoms with Crippen LogP contribution in [0.1, 0.15) is 11.4 Å². The van der Waals surface area contributed by atoms with Gasteiger partial charge in [-0.15, -0.1) is 0 Å². The highest BCUT2D eigenvalue weighted by Gasteiger charge is 2.03. The predicted molar refractivity (Wildman–Crippen MR) is 95.8 cm³/mol. The Morgan fingerprint density at radius 2 is 1.75 bits per heavy atom. The Morgan fingerprint density at radius 3 is 2.42 bits per heavy atom. The van der Waals surface area contributed by atoms with Gasteiger partial charge in [0.15, 0.2) is 0 Å². The minimum absolute atomic E-state index is 0.209.